The van der Waals surface area contributed by atoms with E-state index in [1.807, 2.05) is 0 Å². The molecule has 1 amide bonds. The maximum Gasteiger partial charge on any atom is 0.306 e. The van der Waals surface area contributed by atoms with Crippen molar-refractivity contribution in [3.05, 3.63) is 0 Å². The standard InChI is InChI=1S/C55H109NO5/c1-4-7-10-13-16-19-22-24-25-26-27-28-30-33-36-39-42-45-48-55(60)61-51(46-43-40-37-34-32-29-23-20-17-14-11-8-5-2)49-54(59)56-52(50-57)53(58)47-44-41-38-35-31-21-18-15-12-9-6-3/h51-53,57-58H,4-50H2,1-3H3,(H,56,59). The molecule has 61 heavy (non-hydrogen) atoms. The van der Waals surface area contributed by atoms with Crippen LogP contribution in [-0.4, -0.2) is 46.9 Å². The van der Waals surface area contributed by atoms with Gasteiger partial charge in [-0.3, -0.25) is 9.59 Å². The number of esters is 1. The average molecular weight is 864 g/mol. The van der Waals surface area contributed by atoms with Crippen molar-refractivity contribution in [3.63, 3.8) is 0 Å². The molecule has 3 atom stereocenters. The number of amides is 1. The van der Waals surface area contributed by atoms with Crippen LogP contribution in [0.3, 0.4) is 0 Å². The first-order chi connectivity index (χ1) is 30.0. The van der Waals surface area contributed by atoms with E-state index in [2.05, 4.69) is 26.1 Å². The van der Waals surface area contributed by atoms with Crippen LogP contribution in [-0.2, 0) is 14.3 Å². The molecule has 0 aromatic carbocycles. The molecule has 6 heteroatoms. The van der Waals surface area contributed by atoms with Crippen molar-refractivity contribution < 1.29 is 24.5 Å². The molecule has 3 N–H and O–H groups in total. The minimum absolute atomic E-state index is 0.0881. The van der Waals surface area contributed by atoms with Crippen LogP contribution in [0.1, 0.15) is 316 Å². The molecule has 6 nitrogen and oxygen atoms in total. The molecule has 0 spiro atoms. The highest BCUT2D eigenvalue weighted by atomic mass is 16.5. The first-order valence-electron chi connectivity index (χ1n) is 27.8. The molecule has 3 unspecified atom stereocenters. The van der Waals surface area contributed by atoms with Crippen molar-refractivity contribution in [1.29, 1.82) is 0 Å². The summed E-state index contributed by atoms with van der Waals surface area (Å²) in [5.41, 5.74) is 0. The number of ether oxygens (including phenoxy) is 1. The average Bonchev–Trinajstić information content (AvgIpc) is 3.25. The summed E-state index contributed by atoms with van der Waals surface area (Å²) in [7, 11) is 0. The number of carbonyl (C=O) groups excluding carboxylic acids is 2. The van der Waals surface area contributed by atoms with E-state index in [4.69, 9.17) is 4.74 Å². The van der Waals surface area contributed by atoms with Crippen LogP contribution in [0, 0.1) is 0 Å². The maximum absolute atomic E-state index is 13.2. The Hall–Kier alpha value is -1.14. The summed E-state index contributed by atoms with van der Waals surface area (Å²) in [6.07, 6.45) is 54.5. The highest BCUT2D eigenvalue weighted by Crippen LogP contribution is 2.19. The van der Waals surface area contributed by atoms with Gasteiger partial charge in [-0.05, 0) is 25.7 Å². The minimum atomic E-state index is -0.779. The molecule has 0 radical (unpaired) electrons. The Labute approximate surface area is 381 Å². The molecule has 0 rings (SSSR count). The van der Waals surface area contributed by atoms with Gasteiger partial charge in [-0.1, -0.05) is 278 Å². The Morgan fingerprint density at radius 2 is 0.689 bits per heavy atom. The maximum atomic E-state index is 13.2. The van der Waals surface area contributed by atoms with E-state index >= 15 is 0 Å². The van der Waals surface area contributed by atoms with Gasteiger partial charge < -0.3 is 20.3 Å². The van der Waals surface area contributed by atoms with Crippen LogP contribution >= 0.6 is 0 Å². The van der Waals surface area contributed by atoms with E-state index < -0.39 is 18.2 Å². The van der Waals surface area contributed by atoms with Crippen molar-refractivity contribution in [3.8, 4) is 0 Å². The smallest absolute Gasteiger partial charge is 0.306 e. The van der Waals surface area contributed by atoms with E-state index in [-0.39, 0.29) is 24.9 Å². The molecule has 364 valence electrons. The van der Waals surface area contributed by atoms with Crippen LogP contribution in [0.5, 0.6) is 0 Å². The summed E-state index contributed by atoms with van der Waals surface area (Å²) in [6.45, 7) is 6.52. The summed E-state index contributed by atoms with van der Waals surface area (Å²) in [4.78, 5) is 26.2. The zero-order valence-electron chi connectivity index (χ0n) is 41.6. The summed E-state index contributed by atoms with van der Waals surface area (Å²) in [6, 6.07) is -0.692. The summed E-state index contributed by atoms with van der Waals surface area (Å²) < 4.78 is 5.96. The zero-order chi connectivity index (χ0) is 44.5. The summed E-state index contributed by atoms with van der Waals surface area (Å²) in [5.74, 6) is -0.447. The highest BCUT2D eigenvalue weighted by molar-refractivity contribution is 5.77. The fourth-order valence-electron chi connectivity index (χ4n) is 8.96. The Kier molecular flexibility index (Phi) is 48.9. The molecule has 0 fully saturated rings. The molecule has 0 bridgehead atoms. The zero-order valence-corrected chi connectivity index (χ0v) is 41.6. The van der Waals surface area contributed by atoms with E-state index in [0.717, 1.165) is 38.5 Å². The van der Waals surface area contributed by atoms with Gasteiger partial charge in [0.2, 0.25) is 5.91 Å². The van der Waals surface area contributed by atoms with Crippen molar-refractivity contribution in [2.45, 2.75) is 334 Å². The van der Waals surface area contributed by atoms with Gasteiger partial charge in [0.05, 0.1) is 25.2 Å². The van der Waals surface area contributed by atoms with E-state index in [1.54, 1.807) is 0 Å². The van der Waals surface area contributed by atoms with Crippen LogP contribution in [0.4, 0.5) is 0 Å². The predicted molar refractivity (Wildman–Crippen MR) is 264 cm³/mol. The van der Waals surface area contributed by atoms with Gasteiger partial charge in [-0.25, -0.2) is 0 Å². The molecule has 0 aliphatic heterocycles. The van der Waals surface area contributed by atoms with Gasteiger partial charge >= 0.3 is 5.97 Å². The SMILES string of the molecule is CCCCCCCCCCCCCCCCCCCCC(=O)OC(CCCCCCCCCCCCCCC)CC(=O)NC(CO)C(O)CCCCCCCCCCCCC. The molecule has 0 saturated carbocycles. The van der Waals surface area contributed by atoms with Crippen LogP contribution in [0.2, 0.25) is 0 Å². The fraction of sp³-hybridized carbons (Fsp3) is 0.964. The molecule has 0 heterocycles. The number of nitrogens with one attached hydrogen (secondary N) is 1. The largest absolute Gasteiger partial charge is 0.462 e. The Morgan fingerprint density at radius 3 is 1.00 bits per heavy atom. The van der Waals surface area contributed by atoms with Crippen LogP contribution in [0.25, 0.3) is 0 Å². The second-order valence-electron chi connectivity index (χ2n) is 19.4. The molecular weight excluding hydrogens is 755 g/mol. The number of aliphatic hydroxyl groups excluding tert-OH is 2. The molecule has 0 aromatic rings. The second-order valence-corrected chi connectivity index (χ2v) is 19.4. The third-order valence-electron chi connectivity index (χ3n) is 13.2. The number of hydrogen-bond donors (Lipinski definition) is 3. The first kappa shape index (κ1) is 59.9. The van der Waals surface area contributed by atoms with Gasteiger partial charge in [-0.2, -0.15) is 0 Å². The quantitative estimate of drug-likeness (QED) is 0.0418. The summed E-state index contributed by atoms with van der Waals surface area (Å²) >= 11 is 0. The number of hydrogen-bond acceptors (Lipinski definition) is 5. The number of carbonyl (C=O) groups is 2. The van der Waals surface area contributed by atoms with Crippen molar-refractivity contribution >= 4 is 11.9 Å². The van der Waals surface area contributed by atoms with Crippen molar-refractivity contribution in [1.82, 2.24) is 5.32 Å². The lowest BCUT2D eigenvalue weighted by atomic mass is 10.0. The number of aliphatic hydroxyl groups is 2. The van der Waals surface area contributed by atoms with E-state index in [9.17, 15) is 19.8 Å². The van der Waals surface area contributed by atoms with Crippen LogP contribution < -0.4 is 5.32 Å². The van der Waals surface area contributed by atoms with Gasteiger partial charge in [0, 0.05) is 6.42 Å². The molecule has 0 aliphatic carbocycles. The van der Waals surface area contributed by atoms with Crippen LogP contribution in [0.15, 0.2) is 0 Å². The number of unbranched alkanes of at least 4 members (excludes halogenated alkanes) is 39. The lowest BCUT2D eigenvalue weighted by Crippen LogP contribution is -2.46. The lowest BCUT2D eigenvalue weighted by molar-refractivity contribution is -0.151. The Balaban J connectivity index is 4.45. The minimum Gasteiger partial charge on any atom is -0.462 e. The lowest BCUT2D eigenvalue weighted by Gasteiger charge is -2.24. The van der Waals surface area contributed by atoms with E-state index in [0.29, 0.717) is 19.3 Å². The second kappa shape index (κ2) is 49.9. The topological polar surface area (TPSA) is 95.9 Å². The van der Waals surface area contributed by atoms with Gasteiger partial charge in [0.1, 0.15) is 6.10 Å². The third kappa shape index (κ3) is 45.2. The van der Waals surface area contributed by atoms with Gasteiger partial charge in [-0.15, -0.1) is 0 Å². The van der Waals surface area contributed by atoms with E-state index in [1.165, 1.54) is 231 Å². The highest BCUT2D eigenvalue weighted by Gasteiger charge is 2.24. The summed E-state index contributed by atoms with van der Waals surface area (Å²) in [5, 5.41) is 23.8. The number of rotatable bonds is 51. The fourth-order valence-corrected chi connectivity index (χ4v) is 8.96. The molecule has 0 aromatic heterocycles. The van der Waals surface area contributed by atoms with Crippen molar-refractivity contribution in [2.24, 2.45) is 0 Å². The third-order valence-corrected chi connectivity index (χ3v) is 13.2. The normalized spacial score (nSPS) is 13.1. The molecule has 0 aliphatic rings. The monoisotopic (exact) mass is 864 g/mol. The van der Waals surface area contributed by atoms with Gasteiger partial charge in [0.25, 0.3) is 0 Å². The molecule has 0 saturated heterocycles. The van der Waals surface area contributed by atoms with Gasteiger partial charge in [0.15, 0.2) is 0 Å². The Morgan fingerprint density at radius 1 is 0.410 bits per heavy atom. The Bertz CT molecular complexity index is 882. The van der Waals surface area contributed by atoms with Crippen molar-refractivity contribution in [2.75, 3.05) is 6.61 Å². The molecular formula is C55H109NO5. The predicted octanol–water partition coefficient (Wildman–Crippen LogP) is 16.7. The first-order valence-corrected chi connectivity index (χ1v) is 27.8.